The maximum absolute atomic E-state index is 12.2. The topological polar surface area (TPSA) is 43.4 Å². The average molecular weight is 437 g/mol. The van der Waals surface area contributed by atoms with Crippen LogP contribution in [-0.2, 0) is 14.3 Å². The summed E-state index contributed by atoms with van der Waals surface area (Å²) in [6, 6.07) is 0. The second kappa shape index (κ2) is 7.31. The predicted molar refractivity (Wildman–Crippen MR) is 110 cm³/mol. The molecule has 0 bridgehead atoms. The number of halogens is 1. The molecule has 0 saturated heterocycles. The highest BCUT2D eigenvalue weighted by Gasteiger charge is 2.59. The molecular weight excluding hydrogens is 404 g/mol. The van der Waals surface area contributed by atoms with Gasteiger partial charge in [0.15, 0.2) is 5.78 Å². The maximum atomic E-state index is 12.2. The monoisotopic (exact) mass is 436 g/mol. The largest absolute Gasteiger partial charge is 0.462 e. The van der Waals surface area contributed by atoms with E-state index in [1.165, 1.54) is 24.8 Å². The number of alkyl halides is 1. The molecule has 4 aliphatic rings. The van der Waals surface area contributed by atoms with Crippen LogP contribution in [-0.4, -0.2) is 23.2 Å². The minimum Gasteiger partial charge on any atom is -0.462 e. The van der Waals surface area contributed by atoms with Crippen molar-refractivity contribution in [1.82, 2.24) is 0 Å². The van der Waals surface area contributed by atoms with Crippen LogP contribution in [0.25, 0.3) is 0 Å². The van der Waals surface area contributed by atoms with Gasteiger partial charge in [-0.15, -0.1) is 0 Å². The van der Waals surface area contributed by atoms with Gasteiger partial charge >= 0.3 is 5.97 Å². The third kappa shape index (κ3) is 3.24. The molecule has 6 atom stereocenters. The molecule has 4 aliphatic carbocycles. The Morgan fingerprint density at radius 2 is 1.96 bits per heavy atom. The van der Waals surface area contributed by atoms with Gasteiger partial charge in [0.2, 0.25) is 0 Å². The molecule has 4 heteroatoms. The second-order valence-corrected chi connectivity index (χ2v) is 10.7. The number of fused-ring (bicyclic) bond motifs is 5. The van der Waals surface area contributed by atoms with E-state index in [2.05, 4.69) is 29.8 Å². The average Bonchev–Trinajstić information content (AvgIpc) is 2.97. The number of rotatable bonds is 4. The zero-order chi connectivity index (χ0) is 19.2. The first-order valence-corrected chi connectivity index (χ1v) is 12.0. The van der Waals surface area contributed by atoms with Crippen molar-refractivity contribution in [2.75, 3.05) is 5.33 Å². The van der Waals surface area contributed by atoms with E-state index >= 15 is 0 Å². The number of hydrogen-bond acceptors (Lipinski definition) is 3. The van der Waals surface area contributed by atoms with Gasteiger partial charge in [0.05, 0.1) is 0 Å². The molecule has 0 aromatic carbocycles. The Bertz CT molecular complexity index is 656. The smallest absolute Gasteiger partial charge is 0.306 e. The minimum absolute atomic E-state index is 0.0185. The van der Waals surface area contributed by atoms with Gasteiger partial charge in [-0.3, -0.25) is 9.59 Å². The van der Waals surface area contributed by atoms with Crippen molar-refractivity contribution in [1.29, 1.82) is 0 Å². The van der Waals surface area contributed by atoms with Gasteiger partial charge in [0.1, 0.15) is 6.10 Å². The minimum atomic E-state index is -0.0185. The first-order valence-electron chi connectivity index (χ1n) is 10.9. The Morgan fingerprint density at radius 3 is 2.74 bits per heavy atom. The number of carbonyl (C=O) groups excluding carboxylic acids is 2. The zero-order valence-electron chi connectivity index (χ0n) is 16.8. The number of ketones is 1. The summed E-state index contributed by atoms with van der Waals surface area (Å²) in [5, 5.41) is 0.855. The Labute approximate surface area is 171 Å². The summed E-state index contributed by atoms with van der Waals surface area (Å²) in [5.74, 6) is 2.41. The van der Waals surface area contributed by atoms with E-state index in [1.54, 1.807) is 0 Å². The van der Waals surface area contributed by atoms with Gasteiger partial charge in [-0.2, -0.15) is 0 Å². The normalized spacial score (nSPS) is 43.4. The predicted octanol–water partition coefficient (Wildman–Crippen LogP) is 5.61. The highest BCUT2D eigenvalue weighted by atomic mass is 79.9. The second-order valence-electron chi connectivity index (χ2n) is 9.86. The third-order valence-electron chi connectivity index (χ3n) is 8.66. The quantitative estimate of drug-likeness (QED) is 0.425. The number of carbonyl (C=O) groups is 2. The van der Waals surface area contributed by atoms with Crippen LogP contribution >= 0.6 is 15.9 Å². The summed E-state index contributed by atoms with van der Waals surface area (Å²) < 4.78 is 6.00. The van der Waals surface area contributed by atoms with Crippen LogP contribution < -0.4 is 0 Å². The molecule has 3 fully saturated rings. The molecule has 0 amide bonds. The highest BCUT2D eigenvalue weighted by molar-refractivity contribution is 9.09. The molecule has 3 nitrogen and oxygen atoms in total. The number of hydrogen-bond donors (Lipinski definition) is 0. The summed E-state index contributed by atoms with van der Waals surface area (Å²) in [7, 11) is 0. The summed E-state index contributed by atoms with van der Waals surface area (Å²) >= 11 is 3.40. The summed E-state index contributed by atoms with van der Waals surface area (Å²) in [6.07, 6.45) is 12.1. The van der Waals surface area contributed by atoms with Crippen LogP contribution in [0, 0.1) is 28.6 Å². The molecule has 0 unspecified atom stereocenters. The van der Waals surface area contributed by atoms with Crippen LogP contribution in [0.4, 0.5) is 0 Å². The molecule has 0 heterocycles. The molecule has 0 spiro atoms. The van der Waals surface area contributed by atoms with Crippen molar-refractivity contribution in [2.45, 2.75) is 84.2 Å². The van der Waals surface area contributed by atoms with E-state index in [9.17, 15) is 9.59 Å². The van der Waals surface area contributed by atoms with Crippen LogP contribution in [0.15, 0.2) is 11.6 Å². The van der Waals surface area contributed by atoms with Crippen LogP contribution in [0.1, 0.15) is 78.1 Å². The molecule has 150 valence electrons. The van der Waals surface area contributed by atoms with Gasteiger partial charge in [0, 0.05) is 23.6 Å². The van der Waals surface area contributed by atoms with Crippen molar-refractivity contribution in [2.24, 2.45) is 28.6 Å². The van der Waals surface area contributed by atoms with Crippen molar-refractivity contribution < 1.29 is 14.3 Å². The number of ether oxygens (including phenoxy) is 1. The molecular formula is C23H33BrO3. The SMILES string of the molecule is C[C@]12CC[C@H]3[C@@H](CCC4=CC(=O)CC[C@@]43C)[C@@H]1CC[C@@H]2OC(=O)CCCBr. The van der Waals surface area contributed by atoms with Crippen molar-refractivity contribution in [3.63, 3.8) is 0 Å². The third-order valence-corrected chi connectivity index (χ3v) is 9.22. The lowest BCUT2D eigenvalue weighted by atomic mass is 9.47. The van der Waals surface area contributed by atoms with E-state index in [4.69, 9.17) is 4.74 Å². The highest BCUT2D eigenvalue weighted by Crippen LogP contribution is 2.65. The molecule has 27 heavy (non-hydrogen) atoms. The van der Waals surface area contributed by atoms with Gasteiger partial charge in [-0.05, 0) is 80.6 Å². The van der Waals surface area contributed by atoms with E-state index in [1.807, 2.05) is 6.08 Å². The summed E-state index contributed by atoms with van der Waals surface area (Å²) in [4.78, 5) is 24.2. The lowest BCUT2D eigenvalue weighted by Gasteiger charge is -2.57. The fraction of sp³-hybridized carbons (Fsp3) is 0.826. The van der Waals surface area contributed by atoms with Crippen LogP contribution in [0.2, 0.25) is 0 Å². The van der Waals surface area contributed by atoms with E-state index in [0.29, 0.717) is 24.0 Å². The van der Waals surface area contributed by atoms with Gasteiger partial charge in [-0.25, -0.2) is 0 Å². The molecule has 4 rings (SSSR count). The fourth-order valence-corrected chi connectivity index (χ4v) is 7.41. The zero-order valence-corrected chi connectivity index (χ0v) is 18.4. The fourth-order valence-electron chi connectivity index (χ4n) is 7.13. The van der Waals surface area contributed by atoms with Gasteiger partial charge in [0.25, 0.3) is 0 Å². The molecule has 3 saturated carbocycles. The number of allylic oxidation sites excluding steroid dienone is 1. The van der Waals surface area contributed by atoms with Crippen LogP contribution in [0.3, 0.4) is 0 Å². The van der Waals surface area contributed by atoms with Crippen molar-refractivity contribution in [3.05, 3.63) is 11.6 Å². The van der Waals surface area contributed by atoms with E-state index in [-0.39, 0.29) is 22.9 Å². The van der Waals surface area contributed by atoms with Gasteiger partial charge in [-0.1, -0.05) is 35.4 Å². The molecule has 0 aliphatic heterocycles. The van der Waals surface area contributed by atoms with Crippen molar-refractivity contribution >= 4 is 27.7 Å². The Kier molecular flexibility index (Phi) is 5.33. The lowest BCUT2D eigenvalue weighted by molar-refractivity contribution is -0.159. The van der Waals surface area contributed by atoms with Crippen LogP contribution in [0.5, 0.6) is 0 Å². The molecule has 0 aromatic rings. The van der Waals surface area contributed by atoms with Crippen molar-refractivity contribution in [3.8, 4) is 0 Å². The van der Waals surface area contributed by atoms with E-state index in [0.717, 1.165) is 49.8 Å². The molecule has 0 radical (unpaired) electrons. The number of esters is 1. The van der Waals surface area contributed by atoms with E-state index < -0.39 is 0 Å². The molecule has 0 aromatic heterocycles. The first-order chi connectivity index (χ1) is 12.9. The Balaban J connectivity index is 1.51. The Morgan fingerprint density at radius 1 is 1.15 bits per heavy atom. The summed E-state index contributed by atoms with van der Waals surface area (Å²) in [5.41, 5.74) is 1.80. The molecule has 0 N–H and O–H groups in total. The first kappa shape index (κ1) is 19.7. The standard InChI is InChI=1S/C23H33BrO3/c1-22-11-9-16(25)14-15(22)5-6-17-18-7-8-20(27-21(26)4-3-13-24)23(18,2)12-10-19(17)22/h14,17-20H,3-13H2,1-2H3/t17-,18-,19-,20-,22-,23-/m0/s1. The van der Waals surface area contributed by atoms with Gasteiger partial charge < -0.3 is 4.74 Å². The summed E-state index contributed by atoms with van der Waals surface area (Å²) in [6.45, 7) is 4.82. The maximum Gasteiger partial charge on any atom is 0.306 e. The Hall–Kier alpha value is -0.640. The lowest BCUT2D eigenvalue weighted by Crippen LogP contribution is -2.51.